The second-order valence-corrected chi connectivity index (χ2v) is 9.15. The molecule has 4 rings (SSSR count). The highest BCUT2D eigenvalue weighted by atomic mass is 16.5. The molecular formula is C26H34N8O3. The predicted octanol–water partition coefficient (Wildman–Crippen LogP) is 2.26. The quantitative estimate of drug-likeness (QED) is 0.187. The minimum absolute atomic E-state index is 0.100. The molecule has 0 saturated carbocycles. The van der Waals surface area contributed by atoms with Crippen LogP contribution in [-0.2, 0) is 16.0 Å². The summed E-state index contributed by atoms with van der Waals surface area (Å²) in [7, 11) is 1.52. The van der Waals surface area contributed by atoms with Gasteiger partial charge in [0.1, 0.15) is 35.5 Å². The highest BCUT2D eigenvalue weighted by Crippen LogP contribution is 2.31. The van der Waals surface area contributed by atoms with Gasteiger partial charge in [0.25, 0.3) is 0 Å². The Morgan fingerprint density at radius 3 is 2.92 bits per heavy atom. The Balaban J connectivity index is 1.47. The van der Waals surface area contributed by atoms with E-state index in [2.05, 4.69) is 32.8 Å². The normalized spacial score (nSPS) is 19.1. The van der Waals surface area contributed by atoms with Crippen LogP contribution < -0.4 is 27.4 Å². The van der Waals surface area contributed by atoms with Crippen LogP contribution in [0.5, 0.6) is 5.75 Å². The Kier molecular flexibility index (Phi) is 7.92. The van der Waals surface area contributed by atoms with Crippen LogP contribution in [0.15, 0.2) is 48.1 Å². The highest BCUT2D eigenvalue weighted by molar-refractivity contribution is 6.08. The number of hydrogen-bond donors (Lipinski definition) is 7. The molecule has 1 amide bonds. The number of rotatable bonds is 10. The molecule has 1 aromatic heterocycles. The van der Waals surface area contributed by atoms with E-state index >= 15 is 0 Å². The number of carbonyl (C=O) groups is 1. The maximum atomic E-state index is 13.0. The second-order valence-electron chi connectivity index (χ2n) is 9.15. The van der Waals surface area contributed by atoms with Gasteiger partial charge in [0.2, 0.25) is 5.91 Å². The monoisotopic (exact) mass is 506 g/mol. The van der Waals surface area contributed by atoms with Gasteiger partial charge >= 0.3 is 0 Å². The molecular weight excluding hydrogens is 472 g/mol. The summed E-state index contributed by atoms with van der Waals surface area (Å²) in [5.41, 5.74) is 14.9. The minimum atomic E-state index is -0.471. The number of nitrogens with two attached hydrogens (primary N) is 2. The van der Waals surface area contributed by atoms with E-state index < -0.39 is 6.04 Å². The fourth-order valence-corrected chi connectivity index (χ4v) is 4.64. The molecule has 0 saturated heterocycles. The molecule has 0 bridgehead atoms. The van der Waals surface area contributed by atoms with Gasteiger partial charge in [-0.15, -0.1) is 0 Å². The molecule has 0 fully saturated rings. The number of benzene rings is 1. The van der Waals surface area contributed by atoms with Crippen LogP contribution in [0.1, 0.15) is 37.3 Å². The number of carbonyl (C=O) groups excluding carboxylic acids is 1. The molecule has 1 aliphatic heterocycles. The summed E-state index contributed by atoms with van der Waals surface area (Å²) < 4.78 is 5.57. The zero-order chi connectivity index (χ0) is 26.5. The van der Waals surface area contributed by atoms with Gasteiger partial charge in [-0.05, 0) is 55.6 Å². The smallest absolute Gasteiger partial charge is 0.247 e. The average Bonchev–Trinajstić information content (AvgIpc) is 3.32. The van der Waals surface area contributed by atoms with Gasteiger partial charge in [0.05, 0.1) is 24.1 Å². The predicted molar refractivity (Wildman–Crippen MR) is 143 cm³/mol. The molecule has 11 nitrogen and oxygen atoms in total. The van der Waals surface area contributed by atoms with Gasteiger partial charge in [-0.2, -0.15) is 0 Å². The molecule has 3 atom stereocenters. The Hall–Kier alpha value is -4.12. The summed E-state index contributed by atoms with van der Waals surface area (Å²) in [5, 5.41) is 28.1. The first-order valence-corrected chi connectivity index (χ1v) is 12.4. The van der Waals surface area contributed by atoms with Crippen molar-refractivity contribution < 1.29 is 14.6 Å². The number of allylic oxidation sites excluding steroid dienone is 2. The third-order valence-electron chi connectivity index (χ3n) is 6.70. The largest absolute Gasteiger partial charge is 0.508 e. The molecule has 2 unspecified atom stereocenters. The number of hydrogen-bond acceptors (Lipinski definition) is 10. The van der Waals surface area contributed by atoms with Crippen molar-refractivity contribution in [3.05, 3.63) is 59.3 Å². The summed E-state index contributed by atoms with van der Waals surface area (Å²) in [6, 6.07) is 4.63. The number of amides is 1. The molecule has 0 radical (unpaired) electrons. The van der Waals surface area contributed by atoms with Crippen LogP contribution >= 0.6 is 0 Å². The summed E-state index contributed by atoms with van der Waals surface area (Å²) >= 11 is 0. The van der Waals surface area contributed by atoms with Crippen LogP contribution in [0.3, 0.4) is 0 Å². The number of phenolic OH excluding ortho intramolecular Hbond substituents is 1. The number of anilines is 3. The van der Waals surface area contributed by atoms with Gasteiger partial charge in [-0.25, -0.2) is 9.97 Å². The summed E-state index contributed by atoms with van der Waals surface area (Å²) in [6.07, 6.45) is 7.57. The van der Waals surface area contributed by atoms with Crippen LogP contribution in [0.2, 0.25) is 0 Å². The van der Waals surface area contributed by atoms with E-state index in [1.165, 1.54) is 13.4 Å². The third kappa shape index (κ3) is 5.67. The van der Waals surface area contributed by atoms with E-state index in [-0.39, 0.29) is 35.1 Å². The number of aromatic hydroxyl groups is 1. The number of nitrogen functional groups attached to an aromatic ring is 1. The molecule has 37 heavy (non-hydrogen) atoms. The van der Waals surface area contributed by atoms with E-state index in [4.69, 9.17) is 21.6 Å². The highest BCUT2D eigenvalue weighted by Gasteiger charge is 2.30. The fraction of sp³-hybridized carbons (Fsp3) is 0.385. The van der Waals surface area contributed by atoms with E-state index in [1.807, 2.05) is 6.08 Å². The maximum Gasteiger partial charge on any atom is 0.247 e. The first-order valence-electron chi connectivity index (χ1n) is 12.4. The SMILES string of the molecule is CCC(CCN)Nc1ncnc(N)c1C(=N)C1C=C(OC)C(NC(=O)[C@H]2Cc3cc(O)ccc3N2)=CC1. The number of phenols is 1. The topological polar surface area (TPSA) is 184 Å². The summed E-state index contributed by atoms with van der Waals surface area (Å²) in [5.74, 6) is 0.792. The van der Waals surface area contributed by atoms with E-state index in [0.717, 1.165) is 24.1 Å². The summed E-state index contributed by atoms with van der Waals surface area (Å²) in [6.45, 7) is 2.59. The lowest BCUT2D eigenvalue weighted by Crippen LogP contribution is -2.39. The average molecular weight is 507 g/mol. The van der Waals surface area contributed by atoms with Crippen LogP contribution in [-0.4, -0.2) is 52.4 Å². The lowest BCUT2D eigenvalue weighted by molar-refractivity contribution is -0.121. The third-order valence-corrected chi connectivity index (χ3v) is 6.70. The zero-order valence-corrected chi connectivity index (χ0v) is 21.0. The van der Waals surface area contributed by atoms with Crippen LogP contribution in [0, 0.1) is 11.3 Å². The molecule has 2 heterocycles. The van der Waals surface area contributed by atoms with Crippen molar-refractivity contribution in [2.45, 2.75) is 44.7 Å². The molecule has 0 spiro atoms. The van der Waals surface area contributed by atoms with Crippen molar-refractivity contribution in [2.24, 2.45) is 11.7 Å². The Morgan fingerprint density at radius 2 is 2.19 bits per heavy atom. The Labute approximate surface area is 215 Å². The standard InChI is InChI=1S/C26H34N8O3/c1-3-16(8-9-27)32-25-22(24(29)30-13-31-25)23(28)14-4-6-19(21(12-14)37-2)34-26(36)20-11-15-10-17(35)5-7-18(15)33-20/h5-7,10,12-14,16,20,28,33,35H,3-4,8-9,11,27H2,1-2H3,(H,34,36)(H3,29,30,31,32)/t14?,16?,20-/m1/s1. The molecule has 196 valence electrons. The first-order chi connectivity index (χ1) is 17.8. The lowest BCUT2D eigenvalue weighted by Gasteiger charge is -2.25. The van der Waals surface area contributed by atoms with E-state index in [1.54, 1.807) is 24.3 Å². The number of aromatic nitrogens is 2. The molecule has 11 heteroatoms. The molecule has 1 aromatic carbocycles. The van der Waals surface area contributed by atoms with Gasteiger partial charge in [-0.1, -0.05) is 13.0 Å². The second kappa shape index (κ2) is 11.3. The first kappa shape index (κ1) is 26.0. The van der Waals surface area contributed by atoms with Crippen molar-refractivity contribution >= 4 is 28.9 Å². The van der Waals surface area contributed by atoms with Gasteiger partial charge in [0.15, 0.2) is 0 Å². The van der Waals surface area contributed by atoms with Crippen molar-refractivity contribution in [1.82, 2.24) is 15.3 Å². The molecule has 9 N–H and O–H groups in total. The Bertz CT molecular complexity index is 1240. The van der Waals surface area contributed by atoms with Gasteiger partial charge < -0.3 is 42.7 Å². The number of ether oxygens (including phenoxy) is 1. The van der Waals surface area contributed by atoms with Gasteiger partial charge in [-0.3, -0.25) is 4.79 Å². The minimum Gasteiger partial charge on any atom is -0.508 e. The van der Waals surface area contributed by atoms with Crippen molar-refractivity contribution in [3.63, 3.8) is 0 Å². The number of nitrogens with one attached hydrogen (secondary N) is 4. The Morgan fingerprint density at radius 1 is 1.38 bits per heavy atom. The van der Waals surface area contributed by atoms with Gasteiger partial charge in [0, 0.05) is 24.1 Å². The van der Waals surface area contributed by atoms with E-state index in [0.29, 0.717) is 42.2 Å². The maximum absolute atomic E-state index is 13.0. The molecule has 2 aliphatic rings. The van der Waals surface area contributed by atoms with Crippen molar-refractivity contribution in [2.75, 3.05) is 30.0 Å². The number of methoxy groups -OCH3 is 1. The van der Waals surface area contributed by atoms with Crippen LogP contribution in [0.25, 0.3) is 0 Å². The molecule has 2 aromatic rings. The summed E-state index contributed by atoms with van der Waals surface area (Å²) in [4.78, 5) is 21.5. The fourth-order valence-electron chi connectivity index (χ4n) is 4.64. The number of fused-ring (bicyclic) bond motifs is 1. The molecule has 1 aliphatic carbocycles. The van der Waals surface area contributed by atoms with E-state index in [9.17, 15) is 9.90 Å². The van der Waals surface area contributed by atoms with Crippen LogP contribution in [0.4, 0.5) is 17.3 Å². The zero-order valence-electron chi connectivity index (χ0n) is 21.0. The van der Waals surface area contributed by atoms with Crippen molar-refractivity contribution in [1.29, 1.82) is 5.41 Å². The van der Waals surface area contributed by atoms with Crippen molar-refractivity contribution in [3.8, 4) is 5.75 Å². The number of nitrogens with zero attached hydrogens (tertiary/aromatic N) is 2. The lowest BCUT2D eigenvalue weighted by atomic mass is 9.89.